The molecular formula is C6H13NO2S. The third-order valence-electron chi connectivity index (χ3n) is 0.868. The fourth-order valence-electron chi connectivity index (χ4n) is 0.472. The highest BCUT2D eigenvalue weighted by Crippen LogP contribution is 1.85. The molecule has 0 aliphatic heterocycles. The average molecular weight is 163 g/mol. The van der Waals surface area contributed by atoms with E-state index < -0.39 is 10.0 Å². The van der Waals surface area contributed by atoms with E-state index in [9.17, 15) is 8.42 Å². The number of rotatable bonds is 4. The van der Waals surface area contributed by atoms with Gasteiger partial charge in [-0.1, -0.05) is 13.0 Å². The van der Waals surface area contributed by atoms with Gasteiger partial charge in [0.15, 0.2) is 0 Å². The van der Waals surface area contributed by atoms with Crippen molar-refractivity contribution < 1.29 is 8.42 Å². The van der Waals surface area contributed by atoms with Gasteiger partial charge in [0.2, 0.25) is 10.0 Å². The van der Waals surface area contributed by atoms with Crippen molar-refractivity contribution in [1.29, 1.82) is 0 Å². The highest BCUT2D eigenvalue weighted by Gasteiger charge is 1.99. The summed E-state index contributed by atoms with van der Waals surface area (Å²) in [5.74, 6) is 0. The Bertz CT molecular complexity index is 194. The van der Waals surface area contributed by atoms with Crippen LogP contribution in [0.1, 0.15) is 20.3 Å². The third kappa shape index (κ3) is 4.52. The van der Waals surface area contributed by atoms with Crippen LogP contribution in [0, 0.1) is 0 Å². The number of allylic oxidation sites excluding steroid dienone is 1. The fourth-order valence-corrected chi connectivity index (χ4v) is 1.41. The summed E-state index contributed by atoms with van der Waals surface area (Å²) in [6.45, 7) is 4.09. The van der Waals surface area contributed by atoms with Gasteiger partial charge in [0.05, 0.1) is 0 Å². The Morgan fingerprint density at radius 1 is 1.50 bits per heavy atom. The summed E-state index contributed by atoms with van der Waals surface area (Å²) < 4.78 is 24.0. The van der Waals surface area contributed by atoms with Crippen LogP contribution in [-0.4, -0.2) is 15.0 Å². The normalized spacial score (nSPS) is 12.6. The van der Waals surface area contributed by atoms with E-state index in [1.165, 1.54) is 6.08 Å². The molecule has 60 valence electrons. The quantitative estimate of drug-likeness (QED) is 0.667. The molecule has 0 unspecified atom stereocenters. The van der Waals surface area contributed by atoms with Crippen LogP contribution < -0.4 is 4.72 Å². The minimum Gasteiger partial charge on any atom is -0.212 e. The van der Waals surface area contributed by atoms with Gasteiger partial charge in [-0.15, -0.1) is 0 Å². The summed E-state index contributed by atoms with van der Waals surface area (Å²) in [5, 5.41) is 1.16. The van der Waals surface area contributed by atoms with Gasteiger partial charge in [-0.3, -0.25) is 0 Å². The molecule has 0 aromatic carbocycles. The molecule has 0 amide bonds. The summed E-state index contributed by atoms with van der Waals surface area (Å²) in [6, 6.07) is 0. The summed E-state index contributed by atoms with van der Waals surface area (Å²) in [6.07, 6.45) is 2.31. The Morgan fingerprint density at radius 3 is 2.50 bits per heavy atom. The highest BCUT2D eigenvalue weighted by atomic mass is 32.2. The molecule has 0 saturated heterocycles. The maximum absolute atomic E-state index is 10.8. The summed E-state index contributed by atoms with van der Waals surface area (Å²) in [4.78, 5) is 0. The Labute approximate surface area is 62.2 Å². The number of sulfonamides is 1. The second-order valence-electron chi connectivity index (χ2n) is 1.91. The number of hydrogen-bond acceptors (Lipinski definition) is 2. The van der Waals surface area contributed by atoms with Crippen LogP contribution in [-0.2, 0) is 10.0 Å². The van der Waals surface area contributed by atoms with Crippen molar-refractivity contribution in [1.82, 2.24) is 4.72 Å². The molecule has 4 heteroatoms. The van der Waals surface area contributed by atoms with Gasteiger partial charge in [0.1, 0.15) is 0 Å². The molecule has 0 aliphatic rings. The fraction of sp³-hybridized carbons (Fsp3) is 0.667. The Morgan fingerprint density at radius 2 is 2.10 bits per heavy atom. The first-order chi connectivity index (χ1) is 4.62. The Kier molecular flexibility index (Phi) is 4.31. The first-order valence-electron chi connectivity index (χ1n) is 3.24. The van der Waals surface area contributed by atoms with Gasteiger partial charge in [-0.05, 0) is 13.3 Å². The molecule has 0 aromatic heterocycles. The molecule has 0 bridgehead atoms. The topological polar surface area (TPSA) is 46.2 Å². The van der Waals surface area contributed by atoms with Crippen molar-refractivity contribution in [3.8, 4) is 0 Å². The molecule has 3 nitrogen and oxygen atoms in total. The predicted octanol–water partition coefficient (Wildman–Crippen LogP) is 0.849. The SMILES string of the molecule is CC=CS(=O)(=O)NCCC. The molecule has 10 heavy (non-hydrogen) atoms. The minimum atomic E-state index is -3.12. The number of nitrogens with one attached hydrogen (secondary N) is 1. The molecule has 0 fully saturated rings. The van der Waals surface area contributed by atoms with Crippen molar-refractivity contribution in [2.45, 2.75) is 20.3 Å². The van der Waals surface area contributed by atoms with Crippen LogP contribution in [0.25, 0.3) is 0 Å². The maximum Gasteiger partial charge on any atom is 0.233 e. The highest BCUT2D eigenvalue weighted by molar-refractivity contribution is 7.92. The zero-order valence-corrected chi connectivity index (χ0v) is 7.11. The number of hydrogen-bond donors (Lipinski definition) is 1. The maximum atomic E-state index is 10.8. The van der Waals surface area contributed by atoms with E-state index in [1.54, 1.807) is 6.92 Å². The van der Waals surface area contributed by atoms with Crippen LogP contribution >= 0.6 is 0 Å². The molecule has 0 aliphatic carbocycles. The molecule has 0 aromatic rings. The monoisotopic (exact) mass is 163 g/mol. The van der Waals surface area contributed by atoms with Gasteiger partial charge in [0, 0.05) is 12.0 Å². The third-order valence-corrected chi connectivity index (χ3v) is 2.11. The molecule has 0 saturated carbocycles. The second-order valence-corrected chi connectivity index (χ2v) is 3.56. The standard InChI is InChI=1S/C6H13NO2S/c1-3-5-7-10(8,9)6-4-2/h4,6-7H,3,5H2,1-2H3. The van der Waals surface area contributed by atoms with Crippen molar-refractivity contribution in [3.63, 3.8) is 0 Å². The predicted molar refractivity (Wildman–Crippen MR) is 42.0 cm³/mol. The first-order valence-corrected chi connectivity index (χ1v) is 4.79. The van der Waals surface area contributed by atoms with Crippen molar-refractivity contribution in [2.75, 3.05) is 6.54 Å². The lowest BCUT2D eigenvalue weighted by Gasteiger charge is -1.97. The Balaban J connectivity index is 3.89. The summed E-state index contributed by atoms with van der Waals surface area (Å²) >= 11 is 0. The second kappa shape index (κ2) is 4.46. The van der Waals surface area contributed by atoms with E-state index >= 15 is 0 Å². The van der Waals surface area contributed by atoms with E-state index in [0.29, 0.717) is 6.54 Å². The molecule has 1 N–H and O–H groups in total. The molecule has 0 atom stereocenters. The minimum absolute atomic E-state index is 0.507. The van der Waals surface area contributed by atoms with Gasteiger partial charge < -0.3 is 0 Å². The van der Waals surface area contributed by atoms with Gasteiger partial charge >= 0.3 is 0 Å². The van der Waals surface area contributed by atoms with E-state index in [0.717, 1.165) is 11.8 Å². The zero-order chi connectivity index (χ0) is 8.04. The van der Waals surface area contributed by atoms with E-state index in [2.05, 4.69) is 4.72 Å². The largest absolute Gasteiger partial charge is 0.233 e. The lowest BCUT2D eigenvalue weighted by atomic mass is 10.5. The van der Waals surface area contributed by atoms with Crippen molar-refractivity contribution in [2.24, 2.45) is 0 Å². The summed E-state index contributed by atoms with van der Waals surface area (Å²) in [5.41, 5.74) is 0. The summed E-state index contributed by atoms with van der Waals surface area (Å²) in [7, 11) is -3.12. The molecule has 0 rings (SSSR count). The van der Waals surface area contributed by atoms with Crippen LogP contribution in [0.5, 0.6) is 0 Å². The first kappa shape index (κ1) is 9.65. The zero-order valence-electron chi connectivity index (χ0n) is 6.29. The molecule has 0 spiro atoms. The molecule has 0 radical (unpaired) electrons. The van der Waals surface area contributed by atoms with Crippen LogP contribution in [0.2, 0.25) is 0 Å². The van der Waals surface area contributed by atoms with Gasteiger partial charge in [0.25, 0.3) is 0 Å². The van der Waals surface area contributed by atoms with E-state index in [-0.39, 0.29) is 0 Å². The molecule has 0 heterocycles. The van der Waals surface area contributed by atoms with E-state index in [1.807, 2.05) is 6.92 Å². The van der Waals surface area contributed by atoms with Gasteiger partial charge in [-0.25, -0.2) is 13.1 Å². The van der Waals surface area contributed by atoms with Crippen LogP contribution in [0.4, 0.5) is 0 Å². The Hall–Kier alpha value is -0.350. The van der Waals surface area contributed by atoms with Crippen molar-refractivity contribution in [3.05, 3.63) is 11.5 Å². The molecular weight excluding hydrogens is 150 g/mol. The van der Waals surface area contributed by atoms with Crippen LogP contribution in [0.3, 0.4) is 0 Å². The average Bonchev–Trinajstić information content (AvgIpc) is 1.84. The van der Waals surface area contributed by atoms with Crippen molar-refractivity contribution >= 4 is 10.0 Å². The lowest BCUT2D eigenvalue weighted by Crippen LogP contribution is -2.21. The smallest absolute Gasteiger partial charge is 0.212 e. The van der Waals surface area contributed by atoms with E-state index in [4.69, 9.17) is 0 Å². The van der Waals surface area contributed by atoms with Crippen LogP contribution in [0.15, 0.2) is 11.5 Å². The van der Waals surface area contributed by atoms with Gasteiger partial charge in [-0.2, -0.15) is 0 Å². The lowest BCUT2D eigenvalue weighted by molar-refractivity contribution is 0.590.